The van der Waals surface area contributed by atoms with Crippen LogP contribution in [0, 0.1) is 5.92 Å². The number of aromatic nitrogens is 1. The molecule has 0 aliphatic carbocycles. The molecular weight excluding hydrogens is 490 g/mol. The molecule has 3 aromatic carbocycles. The Hall–Kier alpha value is -4.26. The lowest BCUT2D eigenvalue weighted by Crippen LogP contribution is -2.66. The first-order chi connectivity index (χ1) is 19.0. The number of piperazine rings is 1. The molecule has 2 fully saturated rings. The molecule has 0 spiro atoms. The van der Waals surface area contributed by atoms with Crippen molar-refractivity contribution in [2.75, 3.05) is 26.8 Å². The van der Waals surface area contributed by atoms with Crippen LogP contribution in [0.4, 0.5) is 0 Å². The Kier molecular flexibility index (Phi) is 5.44. The first-order valence-corrected chi connectivity index (χ1v) is 13.5. The Balaban J connectivity index is 1.28. The minimum absolute atomic E-state index is 0.000237. The zero-order valence-corrected chi connectivity index (χ0v) is 22.1. The Labute approximate surface area is 227 Å². The van der Waals surface area contributed by atoms with E-state index in [1.54, 1.807) is 12.0 Å². The summed E-state index contributed by atoms with van der Waals surface area (Å²) in [6.45, 7) is 2.95. The van der Waals surface area contributed by atoms with E-state index in [1.165, 1.54) is 0 Å². The summed E-state index contributed by atoms with van der Waals surface area (Å²) in [5.41, 5.74) is 3.18. The van der Waals surface area contributed by atoms with Gasteiger partial charge < -0.3 is 24.3 Å². The SMILES string of the molecule is COc1ccc2c(c1)OCC1C2N2C(=O)CN(CCc3c[nH]c4ccccc34)C(=O)[C@@]2(C)C1c1ccccc1. The minimum atomic E-state index is -1.03. The number of rotatable bonds is 5. The summed E-state index contributed by atoms with van der Waals surface area (Å²) in [4.78, 5) is 35.5. The van der Waals surface area contributed by atoms with Crippen LogP contribution >= 0.6 is 0 Å². The number of nitrogens with one attached hydrogen (secondary N) is 1. The van der Waals surface area contributed by atoms with Gasteiger partial charge in [-0.05, 0) is 42.7 Å². The molecule has 2 amide bonds. The van der Waals surface area contributed by atoms with Crippen LogP contribution in [0.1, 0.15) is 35.6 Å². The molecule has 3 aliphatic rings. The number of aromatic amines is 1. The van der Waals surface area contributed by atoms with Gasteiger partial charge in [-0.15, -0.1) is 0 Å². The zero-order chi connectivity index (χ0) is 26.7. The van der Waals surface area contributed by atoms with Crippen LogP contribution in [0.3, 0.4) is 0 Å². The van der Waals surface area contributed by atoms with Crippen LogP contribution in [0.2, 0.25) is 0 Å². The Morgan fingerprint density at radius 1 is 1.05 bits per heavy atom. The van der Waals surface area contributed by atoms with Gasteiger partial charge in [-0.3, -0.25) is 9.59 Å². The van der Waals surface area contributed by atoms with Gasteiger partial charge in [0, 0.05) is 47.1 Å². The molecule has 2 saturated heterocycles. The predicted octanol–water partition coefficient (Wildman–Crippen LogP) is 4.70. The molecule has 4 atom stereocenters. The summed E-state index contributed by atoms with van der Waals surface area (Å²) < 4.78 is 11.7. The van der Waals surface area contributed by atoms with E-state index < -0.39 is 5.54 Å². The van der Waals surface area contributed by atoms with Crippen LogP contribution < -0.4 is 9.47 Å². The van der Waals surface area contributed by atoms with Gasteiger partial charge in [0.15, 0.2) is 0 Å². The van der Waals surface area contributed by atoms with E-state index >= 15 is 0 Å². The number of fused-ring (bicyclic) bond motifs is 6. The maximum absolute atomic E-state index is 14.5. The molecule has 3 unspecified atom stereocenters. The fourth-order valence-electron chi connectivity index (χ4n) is 7.27. The van der Waals surface area contributed by atoms with E-state index in [9.17, 15) is 9.59 Å². The number of para-hydroxylation sites is 1. The highest BCUT2D eigenvalue weighted by molar-refractivity contribution is 6.00. The molecule has 7 rings (SSSR count). The molecule has 1 N–H and O–H groups in total. The van der Waals surface area contributed by atoms with Crippen molar-refractivity contribution >= 4 is 22.7 Å². The number of methoxy groups -OCH3 is 1. The van der Waals surface area contributed by atoms with Gasteiger partial charge in [0.2, 0.25) is 11.8 Å². The van der Waals surface area contributed by atoms with E-state index in [-0.39, 0.29) is 36.2 Å². The number of benzene rings is 3. The summed E-state index contributed by atoms with van der Waals surface area (Å²) in [6.07, 6.45) is 2.68. The molecule has 39 heavy (non-hydrogen) atoms. The number of ether oxygens (including phenoxy) is 2. The largest absolute Gasteiger partial charge is 0.497 e. The number of nitrogens with zero attached hydrogens (tertiary/aromatic N) is 2. The summed E-state index contributed by atoms with van der Waals surface area (Å²) in [5, 5.41) is 1.15. The van der Waals surface area contributed by atoms with E-state index in [2.05, 4.69) is 23.2 Å². The van der Waals surface area contributed by atoms with Crippen LogP contribution in [0.5, 0.6) is 11.5 Å². The lowest BCUT2D eigenvalue weighted by molar-refractivity contribution is -0.163. The van der Waals surface area contributed by atoms with Crippen molar-refractivity contribution in [3.63, 3.8) is 0 Å². The average molecular weight is 522 g/mol. The summed E-state index contributed by atoms with van der Waals surface area (Å²) in [7, 11) is 1.63. The molecule has 7 heteroatoms. The van der Waals surface area contributed by atoms with E-state index in [0.29, 0.717) is 31.1 Å². The molecule has 0 radical (unpaired) electrons. The second-order valence-electron chi connectivity index (χ2n) is 11.0. The molecule has 4 heterocycles. The number of carbonyl (C=O) groups excluding carboxylic acids is 2. The summed E-state index contributed by atoms with van der Waals surface area (Å²) in [5.74, 6) is 1.14. The van der Waals surface area contributed by atoms with Gasteiger partial charge in [0.05, 0.1) is 26.3 Å². The third-order valence-electron chi connectivity index (χ3n) is 8.99. The highest BCUT2D eigenvalue weighted by atomic mass is 16.5. The fourth-order valence-corrected chi connectivity index (χ4v) is 7.27. The van der Waals surface area contributed by atoms with E-state index in [1.807, 2.05) is 72.6 Å². The fraction of sp³-hybridized carbons (Fsp3) is 0.312. The maximum Gasteiger partial charge on any atom is 0.249 e. The van der Waals surface area contributed by atoms with Crippen molar-refractivity contribution in [3.05, 3.63) is 95.7 Å². The molecule has 4 aromatic rings. The lowest BCUT2D eigenvalue weighted by Gasteiger charge is -2.47. The van der Waals surface area contributed by atoms with Crippen LogP contribution in [0.15, 0.2) is 79.0 Å². The first kappa shape index (κ1) is 23.8. The molecule has 3 aliphatic heterocycles. The first-order valence-electron chi connectivity index (χ1n) is 13.5. The van der Waals surface area contributed by atoms with Crippen molar-refractivity contribution in [2.24, 2.45) is 5.92 Å². The quantitative estimate of drug-likeness (QED) is 0.413. The molecule has 198 valence electrons. The van der Waals surface area contributed by atoms with Crippen molar-refractivity contribution in [1.29, 1.82) is 0 Å². The number of H-pyrrole nitrogens is 1. The van der Waals surface area contributed by atoms with Gasteiger partial charge >= 0.3 is 0 Å². The molecule has 0 saturated carbocycles. The lowest BCUT2D eigenvalue weighted by atomic mass is 9.73. The van der Waals surface area contributed by atoms with Gasteiger partial charge in [-0.1, -0.05) is 48.5 Å². The molecule has 0 bridgehead atoms. The number of amides is 2. The topological polar surface area (TPSA) is 74.9 Å². The van der Waals surface area contributed by atoms with Gasteiger partial charge in [-0.25, -0.2) is 0 Å². The van der Waals surface area contributed by atoms with Gasteiger partial charge in [-0.2, -0.15) is 0 Å². The van der Waals surface area contributed by atoms with Crippen molar-refractivity contribution in [2.45, 2.75) is 30.8 Å². The molecule has 1 aromatic heterocycles. The van der Waals surface area contributed by atoms with Crippen molar-refractivity contribution in [1.82, 2.24) is 14.8 Å². The van der Waals surface area contributed by atoms with E-state index in [0.717, 1.165) is 27.6 Å². The monoisotopic (exact) mass is 521 g/mol. The smallest absolute Gasteiger partial charge is 0.249 e. The maximum atomic E-state index is 14.5. The number of carbonyl (C=O) groups is 2. The summed E-state index contributed by atoms with van der Waals surface area (Å²) in [6, 6.07) is 23.8. The van der Waals surface area contributed by atoms with Gasteiger partial charge in [0.25, 0.3) is 0 Å². The highest BCUT2D eigenvalue weighted by Crippen LogP contribution is 2.60. The summed E-state index contributed by atoms with van der Waals surface area (Å²) >= 11 is 0. The zero-order valence-electron chi connectivity index (χ0n) is 22.1. The minimum Gasteiger partial charge on any atom is -0.497 e. The Morgan fingerprint density at radius 3 is 2.67 bits per heavy atom. The number of hydrogen-bond donors (Lipinski definition) is 1. The Morgan fingerprint density at radius 2 is 1.85 bits per heavy atom. The molecule has 7 nitrogen and oxygen atoms in total. The average Bonchev–Trinajstić information content (AvgIpc) is 3.51. The third kappa shape index (κ3) is 3.49. The predicted molar refractivity (Wildman–Crippen MR) is 148 cm³/mol. The van der Waals surface area contributed by atoms with Crippen LogP contribution in [0.25, 0.3) is 10.9 Å². The highest BCUT2D eigenvalue weighted by Gasteiger charge is 2.66. The van der Waals surface area contributed by atoms with E-state index in [4.69, 9.17) is 9.47 Å². The normalized spacial score (nSPS) is 25.7. The second-order valence-corrected chi connectivity index (χ2v) is 11.0. The standard InChI is InChI=1S/C32H31N3O4/c1-32-29(20-8-4-3-5-9-20)25-19-39-27-16-22(38-2)12-13-24(27)30(25)35(32)28(36)18-34(31(32)37)15-14-21-17-33-26-11-7-6-10-23(21)26/h3-13,16-17,25,29-30,33H,14-15,18-19H2,1-2H3/t25?,29?,30?,32-/m1/s1. The van der Waals surface area contributed by atoms with Crippen LogP contribution in [-0.2, 0) is 16.0 Å². The third-order valence-corrected chi connectivity index (χ3v) is 8.99. The second kappa shape index (κ2) is 8.90. The number of hydrogen-bond acceptors (Lipinski definition) is 4. The van der Waals surface area contributed by atoms with Crippen LogP contribution in [-0.4, -0.2) is 58.9 Å². The van der Waals surface area contributed by atoms with Crippen molar-refractivity contribution in [3.8, 4) is 11.5 Å². The Bertz CT molecular complexity index is 1580. The van der Waals surface area contributed by atoms with Crippen molar-refractivity contribution < 1.29 is 19.1 Å². The van der Waals surface area contributed by atoms with Gasteiger partial charge in [0.1, 0.15) is 17.0 Å². The molecular formula is C32H31N3O4.